The molecule has 1 unspecified atom stereocenters. The van der Waals surface area contributed by atoms with Gasteiger partial charge >= 0.3 is 0 Å². The zero-order chi connectivity index (χ0) is 22.7. The third-order valence-electron chi connectivity index (χ3n) is 5.22. The number of rotatable bonds is 7. The normalized spacial score (nSPS) is 18.1. The van der Waals surface area contributed by atoms with E-state index in [4.69, 9.17) is 21.1 Å². The van der Waals surface area contributed by atoms with E-state index in [1.807, 2.05) is 45.0 Å². The van der Waals surface area contributed by atoms with Gasteiger partial charge in [0.1, 0.15) is 11.5 Å². The van der Waals surface area contributed by atoms with E-state index >= 15 is 0 Å². The minimum Gasteiger partial charge on any atom is -0.507 e. The summed E-state index contributed by atoms with van der Waals surface area (Å²) >= 11 is 6.13. The molecule has 1 aliphatic heterocycles. The Morgan fingerprint density at radius 2 is 1.90 bits per heavy atom. The summed E-state index contributed by atoms with van der Waals surface area (Å²) in [7, 11) is 1.46. The fourth-order valence-corrected chi connectivity index (χ4v) is 3.90. The number of hydrogen-bond acceptors (Lipinski definition) is 5. The minimum atomic E-state index is -0.752. The lowest BCUT2D eigenvalue weighted by atomic mass is 9.92. The van der Waals surface area contributed by atoms with Crippen molar-refractivity contribution >= 4 is 29.1 Å². The van der Waals surface area contributed by atoms with Crippen LogP contribution in [0.4, 0.5) is 0 Å². The van der Waals surface area contributed by atoms with Crippen molar-refractivity contribution in [2.24, 2.45) is 0 Å². The number of methoxy groups -OCH3 is 1. The van der Waals surface area contributed by atoms with Crippen molar-refractivity contribution in [2.45, 2.75) is 32.9 Å². The highest BCUT2D eigenvalue weighted by Crippen LogP contribution is 2.42. The van der Waals surface area contributed by atoms with E-state index in [2.05, 4.69) is 0 Å². The molecule has 1 aliphatic rings. The summed E-state index contributed by atoms with van der Waals surface area (Å²) in [5.74, 6) is -1.40. The zero-order valence-electron chi connectivity index (χ0n) is 18.0. The molecule has 1 fully saturated rings. The van der Waals surface area contributed by atoms with Crippen LogP contribution in [0.1, 0.15) is 36.6 Å². The van der Waals surface area contributed by atoms with Crippen LogP contribution < -0.4 is 4.74 Å². The Hall–Kier alpha value is -2.83. The molecule has 0 saturated carbocycles. The van der Waals surface area contributed by atoms with E-state index in [0.717, 1.165) is 11.1 Å². The predicted octanol–water partition coefficient (Wildman–Crippen LogP) is 4.50. The number of amides is 1. The number of ether oxygens (including phenoxy) is 2. The number of aliphatic hydroxyl groups excluding tert-OH is 1. The van der Waals surface area contributed by atoms with E-state index in [9.17, 15) is 14.7 Å². The molecule has 0 radical (unpaired) electrons. The van der Waals surface area contributed by atoms with Crippen LogP contribution >= 0.6 is 11.6 Å². The van der Waals surface area contributed by atoms with E-state index in [1.165, 1.54) is 18.1 Å². The van der Waals surface area contributed by atoms with Crippen LogP contribution in [0, 0.1) is 6.92 Å². The molecule has 31 heavy (non-hydrogen) atoms. The van der Waals surface area contributed by atoms with Gasteiger partial charge in [0.05, 0.1) is 37.0 Å². The van der Waals surface area contributed by atoms with Crippen molar-refractivity contribution < 1.29 is 24.2 Å². The van der Waals surface area contributed by atoms with Gasteiger partial charge in [-0.3, -0.25) is 9.59 Å². The Balaban J connectivity index is 2.18. The average molecular weight is 444 g/mol. The third-order valence-corrected chi connectivity index (χ3v) is 5.46. The number of halogens is 1. The van der Waals surface area contributed by atoms with Crippen LogP contribution in [0.5, 0.6) is 5.75 Å². The summed E-state index contributed by atoms with van der Waals surface area (Å²) in [6.45, 7) is 6.19. The van der Waals surface area contributed by atoms with Gasteiger partial charge in [-0.2, -0.15) is 0 Å². The summed E-state index contributed by atoms with van der Waals surface area (Å²) in [5.41, 5.74) is 1.91. The van der Waals surface area contributed by atoms with Crippen molar-refractivity contribution in [1.82, 2.24) is 4.90 Å². The number of likely N-dealkylation sites (tertiary alicyclic amines) is 1. The molecule has 6 nitrogen and oxygen atoms in total. The van der Waals surface area contributed by atoms with Crippen molar-refractivity contribution in [1.29, 1.82) is 0 Å². The quantitative estimate of drug-likeness (QED) is 0.387. The summed E-state index contributed by atoms with van der Waals surface area (Å²) in [5, 5.41) is 11.6. The molecule has 1 amide bonds. The third kappa shape index (κ3) is 4.60. The number of hydrogen-bond donors (Lipinski definition) is 1. The lowest BCUT2D eigenvalue weighted by molar-refractivity contribution is -0.140. The Morgan fingerprint density at radius 1 is 1.19 bits per heavy atom. The molecule has 0 bridgehead atoms. The first-order valence-electron chi connectivity index (χ1n) is 10.1. The summed E-state index contributed by atoms with van der Waals surface area (Å²) in [6.07, 6.45) is -0.00976. The van der Waals surface area contributed by atoms with Crippen LogP contribution in [-0.4, -0.2) is 48.1 Å². The van der Waals surface area contributed by atoms with Crippen molar-refractivity contribution in [3.63, 3.8) is 0 Å². The standard InChI is InChI=1S/C24H26ClNO5/c1-14(2)31-12-11-26-21(17-8-6-5-7-15(17)3)20(23(28)24(26)29)22(27)18-13-16(25)9-10-19(18)30-4/h5-10,13-14,21,27H,11-12H2,1-4H3/b22-20+. The van der Waals surface area contributed by atoms with E-state index in [1.54, 1.807) is 12.1 Å². The number of aryl methyl sites for hydroxylation is 1. The van der Waals surface area contributed by atoms with Crippen LogP contribution in [0.2, 0.25) is 5.02 Å². The topological polar surface area (TPSA) is 76.1 Å². The first-order valence-corrected chi connectivity index (χ1v) is 10.4. The van der Waals surface area contributed by atoms with Gasteiger partial charge in [-0.15, -0.1) is 0 Å². The van der Waals surface area contributed by atoms with Gasteiger partial charge in [0.2, 0.25) is 0 Å². The maximum Gasteiger partial charge on any atom is 0.295 e. The molecule has 0 spiro atoms. The molecular weight excluding hydrogens is 418 g/mol. The Bertz CT molecular complexity index is 1030. The first kappa shape index (κ1) is 22.8. The molecule has 1 N–H and O–H groups in total. The molecule has 1 saturated heterocycles. The number of ketones is 1. The monoisotopic (exact) mass is 443 g/mol. The smallest absolute Gasteiger partial charge is 0.295 e. The summed E-state index contributed by atoms with van der Waals surface area (Å²) in [4.78, 5) is 27.5. The zero-order valence-corrected chi connectivity index (χ0v) is 18.8. The predicted molar refractivity (Wildman–Crippen MR) is 119 cm³/mol. The molecule has 3 rings (SSSR count). The Morgan fingerprint density at radius 3 is 2.55 bits per heavy atom. The molecule has 7 heteroatoms. The molecule has 1 atom stereocenters. The number of aliphatic hydroxyl groups is 1. The lowest BCUT2D eigenvalue weighted by Gasteiger charge is -2.27. The largest absolute Gasteiger partial charge is 0.507 e. The van der Waals surface area contributed by atoms with E-state index < -0.39 is 17.7 Å². The molecule has 1 heterocycles. The van der Waals surface area contributed by atoms with Crippen LogP contribution in [0.3, 0.4) is 0 Å². The number of carbonyl (C=O) groups is 2. The van der Waals surface area contributed by atoms with Crippen LogP contribution in [0.15, 0.2) is 48.0 Å². The highest BCUT2D eigenvalue weighted by Gasteiger charge is 2.46. The minimum absolute atomic E-state index is 0.00409. The second-order valence-corrected chi connectivity index (χ2v) is 8.05. The highest BCUT2D eigenvalue weighted by atomic mass is 35.5. The fourth-order valence-electron chi connectivity index (χ4n) is 3.72. The van der Waals surface area contributed by atoms with Gasteiger partial charge in [0.25, 0.3) is 11.7 Å². The maximum atomic E-state index is 13.1. The summed E-state index contributed by atoms with van der Waals surface area (Å²) < 4.78 is 11.0. The average Bonchev–Trinajstić information content (AvgIpc) is 2.98. The maximum absolute atomic E-state index is 13.1. The second kappa shape index (κ2) is 9.54. The number of nitrogens with zero attached hydrogens (tertiary/aromatic N) is 1. The van der Waals surface area contributed by atoms with Gasteiger partial charge in [-0.05, 0) is 50.1 Å². The summed E-state index contributed by atoms with van der Waals surface area (Å²) in [6, 6.07) is 11.5. The van der Waals surface area contributed by atoms with Crippen molar-refractivity contribution in [3.05, 3.63) is 69.8 Å². The number of carbonyl (C=O) groups excluding carboxylic acids is 2. The molecule has 0 aliphatic carbocycles. The molecule has 2 aromatic rings. The van der Waals surface area contributed by atoms with Gasteiger partial charge in [0.15, 0.2) is 0 Å². The van der Waals surface area contributed by atoms with Crippen molar-refractivity contribution in [2.75, 3.05) is 20.3 Å². The molecule has 164 valence electrons. The number of benzene rings is 2. The van der Waals surface area contributed by atoms with Gasteiger partial charge < -0.3 is 19.5 Å². The van der Waals surface area contributed by atoms with Crippen LogP contribution in [0.25, 0.3) is 5.76 Å². The van der Waals surface area contributed by atoms with Gasteiger partial charge in [-0.25, -0.2) is 0 Å². The van der Waals surface area contributed by atoms with E-state index in [-0.39, 0.29) is 36.2 Å². The van der Waals surface area contributed by atoms with E-state index in [0.29, 0.717) is 10.8 Å². The number of Topliss-reactive ketones (excluding diaryl/α,β-unsaturated/α-hetero) is 1. The van der Waals surface area contributed by atoms with Gasteiger partial charge in [-0.1, -0.05) is 35.9 Å². The van der Waals surface area contributed by atoms with Crippen LogP contribution in [-0.2, 0) is 14.3 Å². The SMILES string of the molecule is COc1ccc(Cl)cc1/C(O)=C1\C(=O)C(=O)N(CCOC(C)C)C1c1ccccc1C. The molecule has 0 aromatic heterocycles. The second-order valence-electron chi connectivity index (χ2n) is 7.61. The Labute approximate surface area is 187 Å². The fraction of sp³-hybridized carbons (Fsp3) is 0.333. The first-order chi connectivity index (χ1) is 14.8. The molecule has 2 aromatic carbocycles. The van der Waals surface area contributed by atoms with Gasteiger partial charge in [0, 0.05) is 11.6 Å². The molecular formula is C24H26ClNO5. The van der Waals surface area contributed by atoms with Crippen molar-refractivity contribution in [3.8, 4) is 5.75 Å². The Kier molecular flexibility index (Phi) is 7.03. The lowest BCUT2D eigenvalue weighted by Crippen LogP contribution is -2.33. The highest BCUT2D eigenvalue weighted by molar-refractivity contribution is 6.46.